The van der Waals surface area contributed by atoms with Gasteiger partial charge in [0, 0.05) is 25.5 Å². The summed E-state index contributed by atoms with van der Waals surface area (Å²) in [6, 6.07) is -0.168. The SMILES string of the molecule is CC1CCN(S(=O)(=O)c2c(Br)nnn2C)C1CCl. The molecule has 0 bridgehead atoms. The van der Waals surface area contributed by atoms with Crippen molar-refractivity contribution in [1.82, 2.24) is 19.3 Å². The number of rotatable bonds is 3. The molecule has 6 nitrogen and oxygen atoms in total. The molecule has 0 saturated carbocycles. The normalized spacial score (nSPS) is 25.8. The summed E-state index contributed by atoms with van der Waals surface area (Å²) in [5.41, 5.74) is 0. The van der Waals surface area contributed by atoms with Gasteiger partial charge in [0.05, 0.1) is 0 Å². The molecule has 0 radical (unpaired) electrons. The van der Waals surface area contributed by atoms with Gasteiger partial charge in [-0.1, -0.05) is 12.1 Å². The molecule has 1 saturated heterocycles. The van der Waals surface area contributed by atoms with E-state index in [4.69, 9.17) is 11.6 Å². The van der Waals surface area contributed by atoms with Gasteiger partial charge in [-0.05, 0) is 28.3 Å². The Morgan fingerprint density at radius 2 is 2.22 bits per heavy atom. The van der Waals surface area contributed by atoms with E-state index < -0.39 is 10.0 Å². The molecule has 0 amide bonds. The smallest absolute Gasteiger partial charge is 0.235 e. The van der Waals surface area contributed by atoms with Crippen LogP contribution in [0.15, 0.2) is 9.63 Å². The number of sulfonamides is 1. The van der Waals surface area contributed by atoms with Gasteiger partial charge in [-0.25, -0.2) is 13.1 Å². The zero-order chi connectivity index (χ0) is 13.5. The molecule has 1 aromatic rings. The van der Waals surface area contributed by atoms with E-state index in [0.717, 1.165) is 6.42 Å². The van der Waals surface area contributed by atoms with Crippen LogP contribution in [0.4, 0.5) is 0 Å². The summed E-state index contributed by atoms with van der Waals surface area (Å²) in [6.07, 6.45) is 0.819. The molecule has 1 aliphatic heterocycles. The molecule has 1 aliphatic rings. The Labute approximate surface area is 119 Å². The minimum absolute atomic E-state index is 0.0757. The van der Waals surface area contributed by atoms with Gasteiger partial charge >= 0.3 is 0 Å². The first-order valence-electron chi connectivity index (χ1n) is 5.52. The Hall–Kier alpha value is -0.180. The maximum absolute atomic E-state index is 12.6. The van der Waals surface area contributed by atoms with Gasteiger partial charge in [0.25, 0.3) is 10.0 Å². The molecule has 18 heavy (non-hydrogen) atoms. The van der Waals surface area contributed by atoms with Gasteiger partial charge in [0.2, 0.25) is 5.03 Å². The fourth-order valence-corrected chi connectivity index (χ4v) is 5.53. The molecular weight excluding hydrogens is 344 g/mol. The van der Waals surface area contributed by atoms with Crippen LogP contribution < -0.4 is 0 Å². The van der Waals surface area contributed by atoms with Gasteiger partial charge in [0.15, 0.2) is 4.60 Å². The molecule has 0 spiro atoms. The van der Waals surface area contributed by atoms with Crippen molar-refractivity contribution in [2.45, 2.75) is 24.4 Å². The second kappa shape index (κ2) is 5.07. The van der Waals surface area contributed by atoms with Crippen molar-refractivity contribution >= 4 is 37.6 Å². The summed E-state index contributed by atoms with van der Waals surface area (Å²) in [4.78, 5) is 0. The molecule has 0 N–H and O–H groups in total. The largest absolute Gasteiger partial charge is 0.263 e. The number of aromatic nitrogens is 3. The average molecular weight is 358 g/mol. The highest BCUT2D eigenvalue weighted by Crippen LogP contribution is 2.32. The quantitative estimate of drug-likeness (QED) is 0.763. The second-order valence-corrected chi connectivity index (χ2v) is 7.28. The number of hydrogen-bond acceptors (Lipinski definition) is 4. The first-order chi connectivity index (χ1) is 8.39. The summed E-state index contributed by atoms with van der Waals surface area (Å²) in [6.45, 7) is 2.50. The Kier molecular flexibility index (Phi) is 4.01. The number of halogens is 2. The summed E-state index contributed by atoms with van der Waals surface area (Å²) >= 11 is 9.01. The first-order valence-corrected chi connectivity index (χ1v) is 8.29. The number of hydrogen-bond donors (Lipinski definition) is 0. The number of nitrogens with zero attached hydrogens (tertiary/aromatic N) is 4. The van der Waals surface area contributed by atoms with Crippen molar-refractivity contribution in [2.75, 3.05) is 12.4 Å². The summed E-state index contributed by atoms with van der Waals surface area (Å²) in [5.74, 6) is 0.556. The van der Waals surface area contributed by atoms with Gasteiger partial charge in [-0.2, -0.15) is 4.31 Å². The maximum Gasteiger partial charge on any atom is 0.263 e. The molecule has 2 heterocycles. The molecule has 102 valence electrons. The van der Waals surface area contributed by atoms with Crippen LogP contribution >= 0.6 is 27.5 Å². The molecule has 1 aromatic heterocycles. The van der Waals surface area contributed by atoms with Crippen LogP contribution in [-0.4, -0.2) is 46.2 Å². The van der Waals surface area contributed by atoms with Crippen molar-refractivity contribution in [1.29, 1.82) is 0 Å². The highest BCUT2D eigenvalue weighted by atomic mass is 79.9. The Balaban J connectivity index is 2.44. The lowest BCUT2D eigenvalue weighted by Crippen LogP contribution is -2.39. The van der Waals surface area contributed by atoms with Gasteiger partial charge in [-0.3, -0.25) is 0 Å². The van der Waals surface area contributed by atoms with Crippen molar-refractivity contribution in [3.05, 3.63) is 4.60 Å². The van der Waals surface area contributed by atoms with Crippen LogP contribution in [0.2, 0.25) is 0 Å². The Morgan fingerprint density at radius 1 is 1.56 bits per heavy atom. The van der Waals surface area contributed by atoms with E-state index >= 15 is 0 Å². The molecule has 1 fully saturated rings. The summed E-state index contributed by atoms with van der Waals surface area (Å²) in [7, 11) is -2.06. The fraction of sp³-hybridized carbons (Fsp3) is 0.778. The zero-order valence-corrected chi connectivity index (χ0v) is 13.2. The minimum atomic E-state index is -3.61. The van der Waals surface area contributed by atoms with Crippen LogP contribution in [-0.2, 0) is 17.1 Å². The third-order valence-corrected chi connectivity index (χ3v) is 6.41. The number of aryl methyl sites for hydroxylation is 1. The van der Waals surface area contributed by atoms with Crippen molar-refractivity contribution in [3.8, 4) is 0 Å². The average Bonchev–Trinajstić information content (AvgIpc) is 2.82. The lowest BCUT2D eigenvalue weighted by Gasteiger charge is -2.24. The maximum atomic E-state index is 12.6. The molecule has 2 atom stereocenters. The molecule has 2 unspecified atom stereocenters. The van der Waals surface area contributed by atoms with Gasteiger partial charge in [-0.15, -0.1) is 16.7 Å². The fourth-order valence-electron chi connectivity index (χ4n) is 2.21. The van der Waals surface area contributed by atoms with Crippen LogP contribution in [0.25, 0.3) is 0 Å². The highest BCUT2D eigenvalue weighted by Gasteiger charge is 2.41. The predicted octanol–water partition coefficient (Wildman–Crippen LogP) is 1.22. The lowest BCUT2D eigenvalue weighted by atomic mass is 10.1. The second-order valence-electron chi connectivity index (χ2n) is 4.41. The Bertz CT molecular complexity index is 527. The van der Waals surface area contributed by atoms with E-state index in [-0.39, 0.29) is 21.6 Å². The van der Waals surface area contributed by atoms with E-state index in [1.165, 1.54) is 8.99 Å². The lowest BCUT2D eigenvalue weighted by molar-refractivity contribution is 0.371. The first kappa shape index (κ1) is 14.2. The molecular formula is C9H14BrClN4O2S. The number of alkyl halides is 1. The van der Waals surface area contributed by atoms with Crippen LogP contribution in [0, 0.1) is 5.92 Å². The highest BCUT2D eigenvalue weighted by molar-refractivity contribution is 9.10. The van der Waals surface area contributed by atoms with E-state index in [0.29, 0.717) is 12.4 Å². The Morgan fingerprint density at radius 3 is 2.72 bits per heavy atom. The van der Waals surface area contributed by atoms with Gasteiger partial charge < -0.3 is 0 Å². The molecule has 0 aromatic carbocycles. The summed E-state index contributed by atoms with van der Waals surface area (Å²) in [5, 5.41) is 7.49. The summed E-state index contributed by atoms with van der Waals surface area (Å²) < 4.78 is 28.1. The topological polar surface area (TPSA) is 68.1 Å². The monoisotopic (exact) mass is 356 g/mol. The third-order valence-electron chi connectivity index (χ3n) is 3.28. The third kappa shape index (κ3) is 2.19. The van der Waals surface area contributed by atoms with E-state index in [1.807, 2.05) is 6.92 Å². The standard InChI is InChI=1S/C9H14BrClN4O2S/c1-6-3-4-15(7(6)5-11)18(16,17)9-8(10)12-13-14(9)2/h6-7H,3-5H2,1-2H3. The van der Waals surface area contributed by atoms with Crippen molar-refractivity contribution in [3.63, 3.8) is 0 Å². The molecule has 0 aliphatic carbocycles. The predicted molar refractivity (Wildman–Crippen MR) is 70.9 cm³/mol. The van der Waals surface area contributed by atoms with Crippen molar-refractivity contribution in [2.24, 2.45) is 13.0 Å². The van der Waals surface area contributed by atoms with Crippen LogP contribution in [0.1, 0.15) is 13.3 Å². The van der Waals surface area contributed by atoms with Crippen LogP contribution in [0.5, 0.6) is 0 Å². The van der Waals surface area contributed by atoms with Crippen molar-refractivity contribution < 1.29 is 8.42 Å². The van der Waals surface area contributed by atoms with E-state index in [2.05, 4.69) is 26.2 Å². The molecule has 2 rings (SSSR count). The van der Waals surface area contributed by atoms with Gasteiger partial charge in [0.1, 0.15) is 0 Å². The minimum Gasteiger partial charge on any atom is -0.235 e. The van der Waals surface area contributed by atoms with Crippen LogP contribution in [0.3, 0.4) is 0 Å². The zero-order valence-electron chi connectivity index (χ0n) is 10.0. The van der Waals surface area contributed by atoms with E-state index in [9.17, 15) is 8.42 Å². The molecule has 9 heteroatoms. The van der Waals surface area contributed by atoms with E-state index in [1.54, 1.807) is 7.05 Å².